The maximum Gasteiger partial charge on any atom is 0.306 e. The van der Waals surface area contributed by atoms with Gasteiger partial charge < -0.3 is 10.8 Å². The number of hydrogen-bond donors (Lipinski definition) is 2. The fourth-order valence-electron chi connectivity index (χ4n) is 0.869. The summed E-state index contributed by atoms with van der Waals surface area (Å²) in [6.07, 6.45) is 2.56. The van der Waals surface area contributed by atoms with Gasteiger partial charge in [-0.3, -0.25) is 4.79 Å². The normalized spacial score (nSPS) is 15.9. The number of hydrogen-bond acceptors (Lipinski definition) is 2. The highest BCUT2D eigenvalue weighted by molar-refractivity contribution is 5.69. The van der Waals surface area contributed by atoms with Crippen molar-refractivity contribution in [2.45, 2.75) is 39.2 Å². The Balaban J connectivity index is 3.31. The molecule has 3 nitrogen and oxygen atoms in total. The first-order chi connectivity index (χ1) is 5.04. The first-order valence-corrected chi connectivity index (χ1v) is 4.02. The van der Waals surface area contributed by atoms with Gasteiger partial charge in [-0.15, -0.1) is 0 Å². The molecule has 0 amide bonds. The monoisotopic (exact) mass is 159 g/mol. The lowest BCUT2D eigenvalue weighted by molar-refractivity contribution is -0.141. The van der Waals surface area contributed by atoms with Crippen molar-refractivity contribution in [1.82, 2.24) is 0 Å². The Labute approximate surface area is 67.6 Å². The highest BCUT2D eigenvalue weighted by Gasteiger charge is 2.09. The van der Waals surface area contributed by atoms with E-state index in [1.54, 1.807) is 6.92 Å². The van der Waals surface area contributed by atoms with E-state index in [2.05, 4.69) is 0 Å². The number of aliphatic carboxylic acids is 1. The number of nitrogens with two attached hydrogens (primary N) is 1. The molecular weight excluding hydrogens is 142 g/mol. The van der Waals surface area contributed by atoms with Crippen LogP contribution in [0.3, 0.4) is 0 Å². The van der Waals surface area contributed by atoms with Crippen LogP contribution >= 0.6 is 0 Å². The van der Waals surface area contributed by atoms with E-state index in [0.717, 1.165) is 19.3 Å². The highest BCUT2D eigenvalue weighted by atomic mass is 16.4. The molecule has 0 fully saturated rings. The zero-order valence-electron chi connectivity index (χ0n) is 7.21. The molecule has 0 spiro atoms. The zero-order valence-corrected chi connectivity index (χ0v) is 7.21. The van der Waals surface area contributed by atoms with Crippen LogP contribution in [0.15, 0.2) is 0 Å². The van der Waals surface area contributed by atoms with Crippen LogP contribution in [0.25, 0.3) is 0 Å². The summed E-state index contributed by atoms with van der Waals surface area (Å²) in [7, 11) is 0. The lowest BCUT2D eigenvalue weighted by Crippen LogP contribution is -2.16. The molecule has 2 atom stereocenters. The van der Waals surface area contributed by atoms with Crippen LogP contribution in [-0.2, 0) is 4.79 Å². The molecule has 3 heteroatoms. The Bertz CT molecular complexity index is 123. The quantitative estimate of drug-likeness (QED) is 0.634. The summed E-state index contributed by atoms with van der Waals surface area (Å²) in [4.78, 5) is 10.3. The van der Waals surface area contributed by atoms with Gasteiger partial charge in [0.2, 0.25) is 0 Å². The second-order valence-corrected chi connectivity index (χ2v) is 3.15. The van der Waals surface area contributed by atoms with Gasteiger partial charge in [-0.2, -0.15) is 0 Å². The summed E-state index contributed by atoms with van der Waals surface area (Å²) >= 11 is 0. The van der Waals surface area contributed by atoms with Gasteiger partial charge in [-0.25, -0.2) is 0 Å². The molecule has 0 aromatic rings. The minimum atomic E-state index is -0.713. The summed E-state index contributed by atoms with van der Waals surface area (Å²) in [6.45, 7) is 3.66. The first kappa shape index (κ1) is 10.4. The van der Waals surface area contributed by atoms with E-state index in [1.165, 1.54) is 0 Å². The fraction of sp³-hybridized carbons (Fsp3) is 0.875. The molecule has 0 aromatic carbocycles. The van der Waals surface area contributed by atoms with Gasteiger partial charge >= 0.3 is 5.97 Å². The maximum atomic E-state index is 10.3. The summed E-state index contributed by atoms with van der Waals surface area (Å²) in [5.74, 6) is -0.941. The van der Waals surface area contributed by atoms with Crippen molar-refractivity contribution in [1.29, 1.82) is 0 Å². The van der Waals surface area contributed by atoms with Gasteiger partial charge in [0.05, 0.1) is 5.92 Å². The molecule has 0 aromatic heterocycles. The van der Waals surface area contributed by atoms with Crippen molar-refractivity contribution >= 4 is 5.97 Å². The second-order valence-electron chi connectivity index (χ2n) is 3.15. The molecule has 3 N–H and O–H groups in total. The fourth-order valence-corrected chi connectivity index (χ4v) is 0.869. The molecule has 0 radical (unpaired) electrons. The van der Waals surface area contributed by atoms with Gasteiger partial charge in [0.1, 0.15) is 0 Å². The summed E-state index contributed by atoms with van der Waals surface area (Å²) in [5.41, 5.74) is 5.51. The number of carbonyl (C=O) groups is 1. The van der Waals surface area contributed by atoms with Crippen molar-refractivity contribution in [2.75, 3.05) is 0 Å². The van der Waals surface area contributed by atoms with E-state index in [0.29, 0.717) is 0 Å². The highest BCUT2D eigenvalue weighted by Crippen LogP contribution is 2.08. The average molecular weight is 159 g/mol. The Morgan fingerprint density at radius 1 is 1.45 bits per heavy atom. The van der Waals surface area contributed by atoms with E-state index >= 15 is 0 Å². The Morgan fingerprint density at radius 3 is 2.36 bits per heavy atom. The largest absolute Gasteiger partial charge is 0.481 e. The van der Waals surface area contributed by atoms with Crippen LogP contribution in [0.4, 0.5) is 0 Å². The molecule has 11 heavy (non-hydrogen) atoms. The Kier molecular flexibility index (Phi) is 4.86. The van der Waals surface area contributed by atoms with Crippen molar-refractivity contribution in [3.8, 4) is 0 Å². The molecule has 66 valence electrons. The number of carboxylic acid groups (broad SMARTS) is 1. The van der Waals surface area contributed by atoms with Gasteiger partial charge in [0.25, 0.3) is 0 Å². The third kappa shape index (κ3) is 5.85. The minimum absolute atomic E-state index is 0.191. The number of carboxylic acids is 1. The van der Waals surface area contributed by atoms with Crippen LogP contribution in [0.1, 0.15) is 33.1 Å². The molecule has 0 rings (SSSR count). The predicted octanol–water partition coefficient (Wildman–Crippen LogP) is 1.22. The van der Waals surface area contributed by atoms with Gasteiger partial charge in [-0.05, 0) is 19.8 Å². The summed E-state index contributed by atoms with van der Waals surface area (Å²) in [6, 6.07) is 0.191. The zero-order chi connectivity index (χ0) is 8.85. The second kappa shape index (κ2) is 5.13. The third-order valence-corrected chi connectivity index (χ3v) is 1.72. The summed E-state index contributed by atoms with van der Waals surface area (Å²) < 4.78 is 0. The lowest BCUT2D eigenvalue weighted by Gasteiger charge is -2.06. The number of rotatable bonds is 5. The Morgan fingerprint density at radius 2 is 2.00 bits per heavy atom. The standard InChI is InChI=1S/C8H17NO2/c1-6(8(10)11)4-3-5-7(2)9/h6-7H,3-5,9H2,1-2H3,(H,10,11). The molecule has 0 saturated carbocycles. The van der Waals surface area contributed by atoms with Gasteiger partial charge in [0, 0.05) is 6.04 Å². The van der Waals surface area contributed by atoms with Crippen LogP contribution in [0.2, 0.25) is 0 Å². The van der Waals surface area contributed by atoms with Crippen LogP contribution < -0.4 is 5.73 Å². The van der Waals surface area contributed by atoms with Crippen LogP contribution in [-0.4, -0.2) is 17.1 Å². The van der Waals surface area contributed by atoms with Crippen molar-refractivity contribution in [3.05, 3.63) is 0 Å². The van der Waals surface area contributed by atoms with E-state index < -0.39 is 5.97 Å². The first-order valence-electron chi connectivity index (χ1n) is 4.02. The molecule has 0 bridgehead atoms. The van der Waals surface area contributed by atoms with Gasteiger partial charge in [-0.1, -0.05) is 13.3 Å². The third-order valence-electron chi connectivity index (χ3n) is 1.72. The summed E-state index contributed by atoms with van der Waals surface area (Å²) in [5, 5.41) is 8.52. The average Bonchev–Trinajstić information content (AvgIpc) is 1.86. The maximum absolute atomic E-state index is 10.3. The molecule has 0 aliphatic carbocycles. The van der Waals surface area contributed by atoms with E-state index in [4.69, 9.17) is 10.8 Å². The van der Waals surface area contributed by atoms with E-state index in [-0.39, 0.29) is 12.0 Å². The Hall–Kier alpha value is -0.570. The lowest BCUT2D eigenvalue weighted by atomic mass is 10.0. The molecule has 0 aliphatic rings. The molecule has 2 unspecified atom stereocenters. The van der Waals surface area contributed by atoms with Crippen LogP contribution in [0, 0.1) is 5.92 Å². The van der Waals surface area contributed by atoms with Gasteiger partial charge in [0.15, 0.2) is 0 Å². The molecule has 0 heterocycles. The smallest absolute Gasteiger partial charge is 0.306 e. The molecule has 0 aliphatic heterocycles. The van der Waals surface area contributed by atoms with E-state index in [9.17, 15) is 4.79 Å². The molecule has 0 saturated heterocycles. The minimum Gasteiger partial charge on any atom is -0.481 e. The topological polar surface area (TPSA) is 63.3 Å². The van der Waals surface area contributed by atoms with E-state index in [1.807, 2.05) is 6.92 Å². The predicted molar refractivity (Wildman–Crippen MR) is 44.3 cm³/mol. The van der Waals surface area contributed by atoms with Crippen molar-refractivity contribution < 1.29 is 9.90 Å². The molecular formula is C8H17NO2. The van der Waals surface area contributed by atoms with Crippen molar-refractivity contribution in [3.63, 3.8) is 0 Å². The van der Waals surface area contributed by atoms with Crippen LogP contribution in [0.5, 0.6) is 0 Å². The SMILES string of the molecule is CC(N)CCCC(C)C(=O)O. The van der Waals surface area contributed by atoms with Crippen molar-refractivity contribution in [2.24, 2.45) is 11.7 Å².